The van der Waals surface area contributed by atoms with Crippen LogP contribution in [0.1, 0.15) is 41.5 Å². The highest BCUT2D eigenvalue weighted by molar-refractivity contribution is 5.92. The summed E-state index contributed by atoms with van der Waals surface area (Å²) in [6, 6.07) is 7.30. The summed E-state index contributed by atoms with van der Waals surface area (Å²) in [5.41, 5.74) is 9.14. The lowest BCUT2D eigenvalue weighted by Gasteiger charge is -2.09. The van der Waals surface area contributed by atoms with Crippen molar-refractivity contribution in [2.75, 3.05) is 5.73 Å². The second-order valence-corrected chi connectivity index (χ2v) is 6.60. The summed E-state index contributed by atoms with van der Waals surface area (Å²) in [6.07, 6.45) is 0. The van der Waals surface area contributed by atoms with Crippen LogP contribution in [0.15, 0.2) is 29.1 Å². The predicted octanol–water partition coefficient (Wildman–Crippen LogP) is 1.30. The number of carbonyl (C=O) groups is 1. The third kappa shape index (κ3) is 3.17. The van der Waals surface area contributed by atoms with Gasteiger partial charge in [0.05, 0.1) is 11.0 Å². The fourth-order valence-electron chi connectivity index (χ4n) is 2.83. The van der Waals surface area contributed by atoms with Crippen LogP contribution in [0.5, 0.6) is 0 Å². The van der Waals surface area contributed by atoms with E-state index in [1.54, 1.807) is 29.3 Å². The summed E-state index contributed by atoms with van der Waals surface area (Å²) in [5.74, 6) is -0.0845. The van der Waals surface area contributed by atoms with Crippen molar-refractivity contribution in [2.45, 2.75) is 26.3 Å². The number of amides is 1. The first-order valence-corrected chi connectivity index (χ1v) is 8.35. The Hall–Kier alpha value is -3.16. The Labute approximate surface area is 150 Å². The van der Waals surface area contributed by atoms with Gasteiger partial charge in [0.15, 0.2) is 0 Å². The minimum Gasteiger partial charge on any atom is -0.368 e. The molecule has 0 saturated heterocycles. The molecule has 3 N–H and O–H groups in total. The van der Waals surface area contributed by atoms with Crippen LogP contribution in [-0.2, 0) is 20.6 Å². The second-order valence-electron chi connectivity index (χ2n) is 6.60. The fraction of sp³-hybridized carbons (Fsp3) is 0.333. The molecule has 0 aliphatic heterocycles. The van der Waals surface area contributed by atoms with E-state index >= 15 is 0 Å². The minimum atomic E-state index is -0.317. The molecule has 0 radical (unpaired) electrons. The smallest absolute Gasteiger partial charge is 0.328 e. The van der Waals surface area contributed by atoms with E-state index in [4.69, 9.17) is 5.73 Å². The van der Waals surface area contributed by atoms with E-state index in [0.717, 1.165) is 22.3 Å². The van der Waals surface area contributed by atoms with Gasteiger partial charge < -0.3 is 11.1 Å². The lowest BCUT2D eigenvalue weighted by atomic mass is 10.1. The molecule has 3 aromatic rings. The Bertz CT molecular complexity index is 1050. The Balaban J connectivity index is 1.81. The van der Waals surface area contributed by atoms with Crippen molar-refractivity contribution < 1.29 is 4.79 Å². The number of nitrogens with two attached hydrogens (primary N) is 1. The number of rotatable bonds is 4. The molecular weight excluding hydrogens is 332 g/mol. The number of benzene rings is 1. The van der Waals surface area contributed by atoms with Crippen molar-refractivity contribution in [1.82, 2.24) is 24.4 Å². The van der Waals surface area contributed by atoms with Crippen molar-refractivity contribution in [2.24, 2.45) is 14.1 Å². The number of hydrogen-bond acceptors (Lipinski definition) is 5. The van der Waals surface area contributed by atoms with Gasteiger partial charge in [-0.1, -0.05) is 19.9 Å². The third-order valence-electron chi connectivity index (χ3n) is 4.38. The van der Waals surface area contributed by atoms with Gasteiger partial charge in [-0.2, -0.15) is 0 Å². The number of fused-ring (bicyclic) bond motifs is 1. The zero-order valence-corrected chi connectivity index (χ0v) is 15.3. The molecule has 136 valence electrons. The van der Waals surface area contributed by atoms with Gasteiger partial charge >= 0.3 is 5.69 Å². The Morgan fingerprint density at radius 1 is 1.15 bits per heavy atom. The molecule has 0 aliphatic rings. The molecule has 8 nitrogen and oxygen atoms in total. The molecule has 8 heteroatoms. The van der Waals surface area contributed by atoms with Crippen LogP contribution < -0.4 is 16.7 Å². The highest BCUT2D eigenvalue weighted by Crippen LogP contribution is 2.15. The lowest BCUT2D eigenvalue weighted by molar-refractivity contribution is 0.0945. The van der Waals surface area contributed by atoms with Crippen LogP contribution in [0.2, 0.25) is 0 Å². The topological polar surface area (TPSA) is 108 Å². The third-order valence-corrected chi connectivity index (χ3v) is 4.38. The molecular formula is C18H22N6O2. The second kappa shape index (κ2) is 6.62. The zero-order valence-electron chi connectivity index (χ0n) is 15.3. The number of hydrogen-bond donors (Lipinski definition) is 2. The zero-order chi connectivity index (χ0) is 19.0. The van der Waals surface area contributed by atoms with Crippen molar-refractivity contribution in [3.05, 3.63) is 51.7 Å². The molecule has 2 aromatic heterocycles. The van der Waals surface area contributed by atoms with Gasteiger partial charge in [-0.05, 0) is 29.7 Å². The molecule has 1 amide bonds. The number of imidazole rings is 1. The van der Waals surface area contributed by atoms with Crippen LogP contribution in [-0.4, -0.2) is 25.0 Å². The summed E-state index contributed by atoms with van der Waals surface area (Å²) >= 11 is 0. The molecule has 0 aliphatic carbocycles. The van der Waals surface area contributed by atoms with E-state index in [1.807, 2.05) is 32.0 Å². The largest absolute Gasteiger partial charge is 0.368 e. The molecule has 0 spiro atoms. The number of carbonyl (C=O) groups excluding carboxylic acids is 1. The molecule has 0 bridgehead atoms. The molecule has 0 fully saturated rings. The first-order valence-electron chi connectivity index (χ1n) is 8.35. The number of nitrogens with one attached hydrogen (secondary N) is 1. The molecule has 1 aromatic carbocycles. The van der Waals surface area contributed by atoms with Crippen molar-refractivity contribution in [3.63, 3.8) is 0 Å². The molecule has 0 saturated carbocycles. The van der Waals surface area contributed by atoms with Gasteiger partial charge in [0.1, 0.15) is 5.69 Å². The van der Waals surface area contributed by atoms with Crippen molar-refractivity contribution in [1.29, 1.82) is 0 Å². The minimum absolute atomic E-state index is 0.0844. The Morgan fingerprint density at radius 3 is 2.54 bits per heavy atom. The maximum absolute atomic E-state index is 12.4. The highest BCUT2D eigenvalue weighted by Gasteiger charge is 2.13. The van der Waals surface area contributed by atoms with Crippen LogP contribution in [0.4, 0.5) is 5.95 Å². The van der Waals surface area contributed by atoms with Gasteiger partial charge in [-0.15, -0.1) is 0 Å². The highest BCUT2D eigenvalue weighted by atomic mass is 16.2. The summed E-state index contributed by atoms with van der Waals surface area (Å²) in [5, 5.41) is 2.84. The molecule has 26 heavy (non-hydrogen) atoms. The van der Waals surface area contributed by atoms with Crippen LogP contribution in [0, 0.1) is 0 Å². The van der Waals surface area contributed by atoms with Crippen molar-refractivity contribution >= 4 is 22.9 Å². The van der Waals surface area contributed by atoms with E-state index in [9.17, 15) is 9.59 Å². The lowest BCUT2D eigenvalue weighted by Crippen LogP contribution is -2.24. The molecule has 0 unspecified atom stereocenters. The average Bonchev–Trinajstić information content (AvgIpc) is 2.83. The van der Waals surface area contributed by atoms with Crippen LogP contribution in [0.3, 0.4) is 0 Å². The maximum Gasteiger partial charge on any atom is 0.328 e. The summed E-state index contributed by atoms with van der Waals surface area (Å²) in [7, 11) is 3.46. The standard InChI is InChI=1S/C18H22N6O2/c1-10(2)12-8-13(22-17(19)21-12)16(25)20-9-11-5-6-14-15(7-11)24(4)18(26)23(14)3/h5-8,10H,9H2,1-4H3,(H,20,25)(H2,19,21,22). The SMILES string of the molecule is CC(C)c1cc(C(=O)NCc2ccc3c(c2)n(C)c(=O)n3C)nc(N)n1. The first-order chi connectivity index (χ1) is 12.3. The van der Waals surface area contributed by atoms with Gasteiger partial charge in [0.25, 0.3) is 5.91 Å². The number of aryl methyl sites for hydroxylation is 2. The Morgan fingerprint density at radius 2 is 1.85 bits per heavy atom. The van der Waals surface area contributed by atoms with Crippen LogP contribution in [0.25, 0.3) is 11.0 Å². The molecule has 2 heterocycles. The fourth-order valence-corrected chi connectivity index (χ4v) is 2.83. The molecule has 0 atom stereocenters. The summed E-state index contributed by atoms with van der Waals surface area (Å²) in [6.45, 7) is 4.27. The van der Waals surface area contributed by atoms with E-state index < -0.39 is 0 Å². The van der Waals surface area contributed by atoms with E-state index in [1.165, 1.54) is 0 Å². The van der Waals surface area contributed by atoms with Gasteiger partial charge in [0.2, 0.25) is 5.95 Å². The van der Waals surface area contributed by atoms with Crippen LogP contribution >= 0.6 is 0 Å². The van der Waals surface area contributed by atoms with Crippen molar-refractivity contribution in [3.8, 4) is 0 Å². The first kappa shape index (κ1) is 17.7. The summed E-state index contributed by atoms with van der Waals surface area (Å²) < 4.78 is 3.18. The normalized spacial score (nSPS) is 11.3. The van der Waals surface area contributed by atoms with Gasteiger partial charge in [-0.25, -0.2) is 14.8 Å². The number of nitrogens with zero attached hydrogens (tertiary/aromatic N) is 4. The number of anilines is 1. The van der Waals surface area contributed by atoms with Gasteiger partial charge in [0, 0.05) is 26.3 Å². The monoisotopic (exact) mass is 354 g/mol. The van der Waals surface area contributed by atoms with Gasteiger partial charge in [-0.3, -0.25) is 13.9 Å². The maximum atomic E-state index is 12.4. The number of nitrogen functional groups attached to an aromatic ring is 1. The predicted molar refractivity (Wildman–Crippen MR) is 99.9 cm³/mol. The quantitative estimate of drug-likeness (QED) is 0.734. The average molecular weight is 354 g/mol. The van der Waals surface area contributed by atoms with E-state index in [-0.39, 0.29) is 29.2 Å². The molecule has 3 rings (SSSR count). The summed E-state index contributed by atoms with van der Waals surface area (Å²) in [4.78, 5) is 32.6. The van der Waals surface area contributed by atoms with E-state index in [0.29, 0.717) is 6.54 Å². The Kier molecular flexibility index (Phi) is 4.50. The van der Waals surface area contributed by atoms with E-state index in [2.05, 4.69) is 15.3 Å². The number of aromatic nitrogens is 4.